The van der Waals surface area contributed by atoms with E-state index >= 15 is 0 Å². The molecule has 7 rings (SSSR count). The monoisotopic (exact) mass is 528 g/mol. The maximum absolute atomic E-state index is 5.38. The molecule has 2 nitrogen and oxygen atoms in total. The number of hydrogen-bond acceptors (Lipinski definition) is 2. The molecule has 7 aromatic rings. The van der Waals surface area contributed by atoms with E-state index in [0.29, 0.717) is 0 Å². The van der Waals surface area contributed by atoms with Crippen molar-refractivity contribution < 1.29 is 0 Å². The van der Waals surface area contributed by atoms with Crippen molar-refractivity contribution in [2.75, 3.05) is 5.32 Å². The Kier molecular flexibility index (Phi) is 6.45. The zero-order chi connectivity index (χ0) is 27.8. The van der Waals surface area contributed by atoms with Crippen molar-refractivity contribution in [1.82, 2.24) is 0 Å². The molecule has 0 aromatic heterocycles. The summed E-state index contributed by atoms with van der Waals surface area (Å²) in [7, 11) is 0. The van der Waals surface area contributed by atoms with Crippen LogP contribution in [0, 0.1) is 0 Å². The second-order valence-electron chi connectivity index (χ2n) is 10.8. The van der Waals surface area contributed by atoms with E-state index in [9.17, 15) is 0 Å². The molecule has 0 bridgehead atoms. The summed E-state index contributed by atoms with van der Waals surface area (Å²) in [4.78, 5) is 5.38. The van der Waals surface area contributed by atoms with Crippen LogP contribution in [0.4, 0.5) is 5.69 Å². The first-order valence-corrected chi connectivity index (χ1v) is 14.4. The van der Waals surface area contributed by atoms with Gasteiger partial charge in [0.1, 0.15) is 0 Å². The van der Waals surface area contributed by atoms with Crippen LogP contribution in [0.15, 0.2) is 145 Å². The summed E-state index contributed by atoms with van der Waals surface area (Å²) >= 11 is 0. The molecule has 0 unspecified atom stereocenters. The van der Waals surface area contributed by atoms with Crippen LogP contribution in [-0.4, -0.2) is 0 Å². The van der Waals surface area contributed by atoms with E-state index in [4.69, 9.17) is 4.99 Å². The Morgan fingerprint density at radius 2 is 0.878 bits per heavy atom. The van der Waals surface area contributed by atoms with Crippen LogP contribution >= 0.6 is 0 Å². The molecule has 0 amide bonds. The van der Waals surface area contributed by atoms with Crippen LogP contribution in [0.2, 0.25) is 0 Å². The minimum absolute atomic E-state index is 0.0392. The SMILES string of the molecule is C[C@@H](N=c1cccccc1N[C@H](C)c1c2ccccc2cc2ccccc12)c1c2ccccc2cc2ccccc12. The third-order valence-electron chi connectivity index (χ3n) is 8.20. The number of hydrogen-bond donors (Lipinski definition) is 1. The van der Waals surface area contributed by atoms with Crippen molar-refractivity contribution in [1.29, 1.82) is 0 Å². The molecule has 198 valence electrons. The van der Waals surface area contributed by atoms with Crippen LogP contribution in [0.5, 0.6) is 0 Å². The Morgan fingerprint density at radius 3 is 1.39 bits per heavy atom. The molecule has 0 fully saturated rings. The highest BCUT2D eigenvalue weighted by molar-refractivity contribution is 6.03. The Hall–Kier alpha value is -4.95. The number of nitrogens with zero attached hydrogens (tertiary/aromatic N) is 1. The molecule has 7 aromatic carbocycles. The van der Waals surface area contributed by atoms with Crippen molar-refractivity contribution >= 4 is 48.8 Å². The largest absolute Gasteiger partial charge is 0.377 e. The van der Waals surface area contributed by atoms with Crippen LogP contribution in [-0.2, 0) is 0 Å². The van der Waals surface area contributed by atoms with E-state index in [1.807, 2.05) is 0 Å². The van der Waals surface area contributed by atoms with Gasteiger partial charge in [-0.05, 0) is 92.3 Å². The smallest absolute Gasteiger partial charge is 0.0813 e. The van der Waals surface area contributed by atoms with Crippen molar-refractivity contribution in [2.45, 2.75) is 25.9 Å². The second-order valence-corrected chi connectivity index (χ2v) is 10.8. The van der Waals surface area contributed by atoms with Gasteiger partial charge in [0.05, 0.1) is 17.1 Å². The molecule has 0 aliphatic rings. The third-order valence-corrected chi connectivity index (χ3v) is 8.20. The van der Waals surface area contributed by atoms with Crippen molar-refractivity contribution in [3.8, 4) is 0 Å². The van der Waals surface area contributed by atoms with Gasteiger partial charge in [-0.1, -0.05) is 115 Å². The lowest BCUT2D eigenvalue weighted by Crippen LogP contribution is -2.15. The van der Waals surface area contributed by atoms with Crippen LogP contribution in [0.1, 0.15) is 37.1 Å². The van der Waals surface area contributed by atoms with Gasteiger partial charge in [-0.2, -0.15) is 0 Å². The molecule has 0 aliphatic carbocycles. The number of nitrogens with one attached hydrogen (secondary N) is 1. The van der Waals surface area contributed by atoms with Gasteiger partial charge in [0.25, 0.3) is 0 Å². The van der Waals surface area contributed by atoms with Crippen molar-refractivity contribution in [3.05, 3.63) is 156 Å². The number of anilines is 1. The summed E-state index contributed by atoms with van der Waals surface area (Å²) in [6.45, 7) is 4.47. The molecule has 2 heteroatoms. The summed E-state index contributed by atoms with van der Waals surface area (Å²) in [5, 5.41) is 14.9. The van der Waals surface area contributed by atoms with E-state index in [2.05, 4.69) is 159 Å². The van der Waals surface area contributed by atoms with Gasteiger partial charge in [-0.15, -0.1) is 0 Å². The molecule has 0 saturated heterocycles. The van der Waals surface area contributed by atoms with Gasteiger partial charge in [-0.25, -0.2) is 0 Å². The Morgan fingerprint density at radius 1 is 0.463 bits per heavy atom. The number of fused-ring (bicyclic) bond motifs is 4. The average Bonchev–Trinajstić information content (AvgIpc) is 3.22. The minimum atomic E-state index is -0.0392. The van der Waals surface area contributed by atoms with E-state index in [0.717, 1.165) is 11.0 Å². The predicted octanol–water partition coefficient (Wildman–Crippen LogP) is 10.1. The summed E-state index contributed by atoms with van der Waals surface area (Å²) < 4.78 is 0. The maximum atomic E-state index is 5.38. The van der Waals surface area contributed by atoms with Gasteiger partial charge < -0.3 is 5.32 Å². The fraction of sp³-hybridized carbons (Fsp3) is 0.103. The van der Waals surface area contributed by atoms with Crippen LogP contribution < -0.4 is 10.7 Å². The number of benzene rings is 6. The Labute approximate surface area is 240 Å². The third kappa shape index (κ3) is 4.62. The van der Waals surface area contributed by atoms with Gasteiger partial charge >= 0.3 is 0 Å². The average molecular weight is 529 g/mol. The van der Waals surface area contributed by atoms with Crippen molar-refractivity contribution in [3.63, 3.8) is 0 Å². The molecular weight excluding hydrogens is 496 g/mol. The second kappa shape index (κ2) is 10.6. The lowest BCUT2D eigenvalue weighted by molar-refractivity contribution is 0.802. The van der Waals surface area contributed by atoms with E-state index in [-0.39, 0.29) is 12.1 Å². The molecule has 1 N–H and O–H groups in total. The highest BCUT2D eigenvalue weighted by atomic mass is 14.9. The first-order valence-electron chi connectivity index (χ1n) is 14.4. The summed E-state index contributed by atoms with van der Waals surface area (Å²) in [5.74, 6) is 0. The normalized spacial score (nSPS) is 13.6. The molecule has 41 heavy (non-hydrogen) atoms. The molecule has 2 atom stereocenters. The standard InChI is InChI=1S/C39H32N2/c1-26(38-32-18-10-6-14-28(32)24-29-15-7-11-19-33(29)38)40-36-22-4-3-5-23-37(36)41-27(2)39-34-20-12-8-16-30(34)25-31-17-9-13-21-35(31)39/h3-27H,1-2H3,(H,40,41)/t26-,27-/m1/s1. The fourth-order valence-electron chi connectivity index (χ4n) is 6.37. The van der Waals surface area contributed by atoms with Gasteiger partial charge in [-0.3, -0.25) is 4.99 Å². The van der Waals surface area contributed by atoms with E-state index in [1.54, 1.807) is 0 Å². The van der Waals surface area contributed by atoms with Crippen LogP contribution in [0.3, 0.4) is 0 Å². The molecule has 0 aliphatic heterocycles. The molecular formula is C39H32N2. The first-order chi connectivity index (χ1) is 20.2. The Bertz CT molecular complexity index is 2020. The Balaban J connectivity index is 1.37. The fourth-order valence-corrected chi connectivity index (χ4v) is 6.37. The van der Waals surface area contributed by atoms with Crippen molar-refractivity contribution in [2.24, 2.45) is 4.99 Å². The van der Waals surface area contributed by atoms with Crippen LogP contribution in [0.25, 0.3) is 43.1 Å². The number of rotatable bonds is 5. The lowest BCUT2D eigenvalue weighted by Gasteiger charge is -2.21. The highest BCUT2D eigenvalue weighted by Crippen LogP contribution is 2.36. The van der Waals surface area contributed by atoms with Gasteiger partial charge in [0.15, 0.2) is 0 Å². The summed E-state index contributed by atoms with van der Waals surface area (Å²) in [6, 6.07) is 49.8. The predicted molar refractivity (Wildman–Crippen MR) is 175 cm³/mol. The molecule has 0 radical (unpaired) electrons. The minimum Gasteiger partial charge on any atom is -0.377 e. The zero-order valence-corrected chi connectivity index (χ0v) is 23.4. The summed E-state index contributed by atoms with van der Waals surface area (Å²) in [5.41, 5.74) is 3.60. The van der Waals surface area contributed by atoms with Gasteiger partial charge in [0.2, 0.25) is 0 Å². The summed E-state index contributed by atoms with van der Waals surface area (Å²) in [6.07, 6.45) is 0. The zero-order valence-electron chi connectivity index (χ0n) is 23.4. The maximum Gasteiger partial charge on any atom is 0.0813 e. The molecule has 0 saturated carbocycles. The van der Waals surface area contributed by atoms with E-state index < -0.39 is 0 Å². The highest BCUT2D eigenvalue weighted by Gasteiger charge is 2.16. The first kappa shape index (κ1) is 25.0. The quantitative estimate of drug-likeness (QED) is 0.221. The van der Waals surface area contributed by atoms with E-state index in [1.165, 1.54) is 54.2 Å². The lowest BCUT2D eigenvalue weighted by atomic mass is 9.92. The topological polar surface area (TPSA) is 24.4 Å². The molecule has 0 heterocycles. The van der Waals surface area contributed by atoms with Gasteiger partial charge in [0, 0.05) is 6.04 Å². The molecule has 0 spiro atoms.